The minimum Gasteiger partial charge on any atom is -0.467 e. The summed E-state index contributed by atoms with van der Waals surface area (Å²) < 4.78 is 40.5. The highest BCUT2D eigenvalue weighted by molar-refractivity contribution is 6.00. The molecule has 14 heteroatoms. The fourth-order valence-electron chi connectivity index (χ4n) is 7.36. The standard InChI is InChI=1S/C44H64O14/c1-14-26(2)24-27(3)20-21-32(46)54-35-34(47)42(23-22-28(4)33(53-30(6)45)29(5)25-31-18-16-15-17-19-31)55-36(37(48)52-13)43(51,38(49)56-40(7,8)9)44(35,58-42)39(50)57-41(10,11)12/h15-21,26-27,29,33-36,47,51H,4,14,22-25H2,1-3,5-13H3/b21-20+/t26-,27+,29+,33+,34+,35+,36+,42+,43+,44+/m0/s1. The van der Waals surface area contributed by atoms with E-state index in [1.54, 1.807) is 6.08 Å². The van der Waals surface area contributed by atoms with Crippen LogP contribution in [-0.2, 0) is 63.6 Å². The molecule has 0 amide bonds. The van der Waals surface area contributed by atoms with E-state index < -0.39 is 88.9 Å². The lowest BCUT2D eigenvalue weighted by Crippen LogP contribution is -2.79. The fraction of sp³-hybridized carbons (Fsp3) is 0.659. The lowest BCUT2D eigenvalue weighted by atomic mass is 9.74. The van der Waals surface area contributed by atoms with Crippen molar-refractivity contribution in [2.45, 2.75) is 161 Å². The maximum Gasteiger partial charge on any atom is 0.347 e. The van der Waals surface area contributed by atoms with Crippen LogP contribution in [0.5, 0.6) is 0 Å². The molecule has 2 N–H and O–H groups in total. The molecule has 0 aliphatic carbocycles. The number of carbonyl (C=O) groups excluding carboxylic acids is 5. The third-order valence-corrected chi connectivity index (χ3v) is 10.2. The molecule has 1 aromatic rings. The number of aliphatic hydroxyl groups is 2. The van der Waals surface area contributed by atoms with Gasteiger partial charge in [-0.05, 0) is 83.8 Å². The minimum atomic E-state index is -3.49. The summed E-state index contributed by atoms with van der Waals surface area (Å²) in [5.41, 5.74) is -8.01. The van der Waals surface area contributed by atoms with Crippen molar-refractivity contribution < 1.29 is 67.3 Å². The number of fused-ring (bicyclic) bond motifs is 2. The van der Waals surface area contributed by atoms with Gasteiger partial charge in [0.25, 0.3) is 5.60 Å². The number of benzene rings is 1. The SMILES string of the molecule is C=C(CC[C@@]12O[C@H](C(=O)OC)[C@@](O)(C(=O)OC(C)(C)C)[C@@](C(=O)OC(C)(C)C)(O1)[C@H](OC(=O)/C=C/[C@@H](C)C[C@@H](C)CC)[C@H]2O)[C@@H](OC(C)=O)[C@H](C)Cc1ccccc1. The van der Waals surface area contributed by atoms with Gasteiger partial charge in [-0.15, -0.1) is 0 Å². The summed E-state index contributed by atoms with van der Waals surface area (Å²) in [4.78, 5) is 68.9. The van der Waals surface area contributed by atoms with Crippen molar-refractivity contribution in [3.8, 4) is 0 Å². The maximum atomic E-state index is 14.7. The molecule has 2 aliphatic heterocycles. The number of rotatable bonds is 17. The zero-order valence-corrected chi connectivity index (χ0v) is 36.1. The van der Waals surface area contributed by atoms with Crippen molar-refractivity contribution in [1.82, 2.24) is 0 Å². The first-order valence-corrected chi connectivity index (χ1v) is 19.9. The molecule has 2 aliphatic rings. The second kappa shape index (κ2) is 18.9. The van der Waals surface area contributed by atoms with Gasteiger partial charge in [-0.25, -0.2) is 19.2 Å². The number of aliphatic hydroxyl groups excluding tert-OH is 1. The van der Waals surface area contributed by atoms with Crippen LogP contribution in [0.1, 0.15) is 107 Å². The Labute approximate surface area is 342 Å². The van der Waals surface area contributed by atoms with Gasteiger partial charge in [-0.2, -0.15) is 0 Å². The topological polar surface area (TPSA) is 190 Å². The number of hydrogen-bond donors (Lipinski definition) is 2. The molecule has 2 fully saturated rings. The molecule has 0 aromatic heterocycles. The third kappa shape index (κ3) is 10.9. The van der Waals surface area contributed by atoms with Gasteiger partial charge < -0.3 is 43.4 Å². The van der Waals surface area contributed by atoms with E-state index >= 15 is 0 Å². The van der Waals surface area contributed by atoms with Gasteiger partial charge in [0.05, 0.1) is 7.11 Å². The zero-order chi connectivity index (χ0) is 44.0. The Morgan fingerprint density at radius 2 is 1.55 bits per heavy atom. The first kappa shape index (κ1) is 48.3. The Kier molecular flexibility index (Phi) is 15.7. The van der Waals surface area contributed by atoms with Crippen molar-refractivity contribution in [2.75, 3.05) is 7.11 Å². The van der Waals surface area contributed by atoms with Gasteiger partial charge in [-0.1, -0.05) is 77.1 Å². The molecule has 0 saturated carbocycles. The number of allylic oxidation sites excluding steroid dienone is 1. The van der Waals surface area contributed by atoms with E-state index in [1.807, 2.05) is 51.1 Å². The summed E-state index contributed by atoms with van der Waals surface area (Å²) in [7, 11) is 0.963. The monoisotopic (exact) mass is 816 g/mol. The molecule has 2 saturated heterocycles. The van der Waals surface area contributed by atoms with Gasteiger partial charge in [0, 0.05) is 25.3 Å². The lowest BCUT2D eigenvalue weighted by Gasteiger charge is -2.51. The third-order valence-electron chi connectivity index (χ3n) is 10.2. The number of carbonyl (C=O) groups is 5. The van der Waals surface area contributed by atoms with Crippen LogP contribution in [0.25, 0.3) is 0 Å². The van der Waals surface area contributed by atoms with Crippen LogP contribution in [-0.4, -0.2) is 99.8 Å². The molecule has 0 radical (unpaired) electrons. The van der Waals surface area contributed by atoms with Crippen molar-refractivity contribution >= 4 is 29.8 Å². The number of methoxy groups -OCH3 is 1. The van der Waals surface area contributed by atoms with E-state index in [-0.39, 0.29) is 18.3 Å². The second-order valence-corrected chi connectivity index (χ2v) is 17.7. The number of hydrogen-bond acceptors (Lipinski definition) is 14. The van der Waals surface area contributed by atoms with Gasteiger partial charge >= 0.3 is 29.8 Å². The Hall–Kier alpha value is -4.11. The van der Waals surface area contributed by atoms with Gasteiger partial charge in [0.1, 0.15) is 23.4 Å². The van der Waals surface area contributed by atoms with Crippen molar-refractivity contribution in [2.24, 2.45) is 17.8 Å². The van der Waals surface area contributed by atoms with E-state index in [0.29, 0.717) is 17.9 Å². The highest BCUT2D eigenvalue weighted by atomic mass is 16.8. The molecule has 0 unspecified atom stereocenters. The Morgan fingerprint density at radius 1 is 0.966 bits per heavy atom. The maximum absolute atomic E-state index is 14.7. The summed E-state index contributed by atoms with van der Waals surface area (Å²) in [6, 6.07) is 9.51. The molecule has 14 nitrogen and oxygen atoms in total. The molecule has 3 rings (SSSR count). The summed E-state index contributed by atoms with van der Waals surface area (Å²) in [6.45, 7) is 22.3. The van der Waals surface area contributed by atoms with Crippen LogP contribution in [0.4, 0.5) is 0 Å². The number of esters is 5. The van der Waals surface area contributed by atoms with Crippen LogP contribution in [0.15, 0.2) is 54.6 Å². The predicted octanol–water partition coefficient (Wildman–Crippen LogP) is 5.49. The molecule has 0 spiro atoms. The Morgan fingerprint density at radius 3 is 2.09 bits per heavy atom. The first-order chi connectivity index (χ1) is 26.8. The van der Waals surface area contributed by atoms with E-state index in [2.05, 4.69) is 13.5 Å². The molecule has 2 heterocycles. The van der Waals surface area contributed by atoms with Crippen LogP contribution >= 0.6 is 0 Å². The Balaban J connectivity index is 2.25. The first-order valence-electron chi connectivity index (χ1n) is 19.9. The normalized spacial score (nSPS) is 27.8. The fourth-order valence-corrected chi connectivity index (χ4v) is 7.36. The lowest BCUT2D eigenvalue weighted by molar-refractivity contribution is -0.377. The second-order valence-electron chi connectivity index (χ2n) is 17.7. The molecular weight excluding hydrogens is 752 g/mol. The average molecular weight is 817 g/mol. The van der Waals surface area contributed by atoms with Crippen LogP contribution in [0.3, 0.4) is 0 Å². The van der Waals surface area contributed by atoms with Gasteiger partial charge in [-0.3, -0.25) is 4.79 Å². The highest BCUT2D eigenvalue weighted by Crippen LogP contribution is 2.57. The van der Waals surface area contributed by atoms with Crippen LogP contribution < -0.4 is 0 Å². The van der Waals surface area contributed by atoms with Crippen LogP contribution in [0, 0.1) is 17.8 Å². The molecular formula is C44H64O14. The smallest absolute Gasteiger partial charge is 0.347 e. The van der Waals surface area contributed by atoms with Crippen molar-refractivity contribution in [1.29, 1.82) is 0 Å². The van der Waals surface area contributed by atoms with E-state index in [1.165, 1.54) is 48.5 Å². The molecule has 2 bridgehead atoms. The minimum absolute atomic E-state index is 0.0798. The summed E-state index contributed by atoms with van der Waals surface area (Å²) in [6.07, 6.45) is -3.38. The van der Waals surface area contributed by atoms with E-state index in [9.17, 15) is 34.2 Å². The predicted molar refractivity (Wildman–Crippen MR) is 212 cm³/mol. The van der Waals surface area contributed by atoms with E-state index in [0.717, 1.165) is 31.6 Å². The average Bonchev–Trinajstić information content (AvgIpc) is 3.33. The van der Waals surface area contributed by atoms with E-state index in [4.69, 9.17) is 33.2 Å². The zero-order valence-electron chi connectivity index (χ0n) is 36.1. The quantitative estimate of drug-likeness (QED) is 0.0869. The van der Waals surface area contributed by atoms with Gasteiger partial charge in [0.15, 0.2) is 6.10 Å². The summed E-state index contributed by atoms with van der Waals surface area (Å²) in [5, 5.41) is 25.1. The van der Waals surface area contributed by atoms with Crippen LogP contribution in [0.2, 0.25) is 0 Å². The highest BCUT2D eigenvalue weighted by Gasteiger charge is 2.86. The summed E-state index contributed by atoms with van der Waals surface area (Å²) in [5.74, 6) is -8.55. The summed E-state index contributed by atoms with van der Waals surface area (Å²) >= 11 is 0. The van der Waals surface area contributed by atoms with Gasteiger partial charge in [0.2, 0.25) is 17.5 Å². The molecule has 1 aromatic carbocycles. The largest absolute Gasteiger partial charge is 0.467 e. The number of ether oxygens (including phenoxy) is 7. The molecule has 10 atom stereocenters. The Bertz CT molecular complexity index is 1670. The van der Waals surface area contributed by atoms with Crippen molar-refractivity contribution in [3.05, 3.63) is 60.2 Å². The molecule has 58 heavy (non-hydrogen) atoms. The molecule has 324 valence electrons. The van der Waals surface area contributed by atoms with Crippen molar-refractivity contribution in [3.63, 3.8) is 0 Å².